The predicted molar refractivity (Wildman–Crippen MR) is 90.2 cm³/mol. The van der Waals surface area contributed by atoms with E-state index in [1.54, 1.807) is 18.2 Å². The molecule has 1 aromatic carbocycles. The van der Waals surface area contributed by atoms with Crippen molar-refractivity contribution in [3.63, 3.8) is 0 Å². The monoisotopic (exact) mass is 391 g/mol. The molecule has 9 heteroatoms. The first kappa shape index (κ1) is 20.3. The summed E-state index contributed by atoms with van der Waals surface area (Å²) in [4.78, 5) is 12.1. The molecule has 0 amide bonds. The Hall–Kier alpha value is -2.03. The summed E-state index contributed by atoms with van der Waals surface area (Å²) in [6.07, 6.45) is 1.33. The molecule has 0 unspecified atom stereocenters. The van der Waals surface area contributed by atoms with Crippen LogP contribution in [0.4, 0.5) is 13.2 Å². The van der Waals surface area contributed by atoms with Gasteiger partial charge in [0, 0.05) is 11.1 Å². The molecule has 0 aromatic heterocycles. The van der Waals surface area contributed by atoms with Gasteiger partial charge in [-0.05, 0) is 25.0 Å². The third-order valence-electron chi connectivity index (χ3n) is 4.25. The molecule has 0 aliphatic carbocycles. The van der Waals surface area contributed by atoms with Crippen molar-refractivity contribution in [1.82, 2.24) is 4.31 Å². The number of carbonyl (C=O) groups excluding carboxylic acids is 1. The number of ether oxygens (including phenoxy) is 1. The number of carbonyl (C=O) groups is 1. The minimum Gasteiger partial charge on any atom is -0.467 e. The highest BCUT2D eigenvalue weighted by atomic mass is 32.2. The first-order chi connectivity index (χ1) is 11.8. The van der Waals surface area contributed by atoms with E-state index < -0.39 is 33.0 Å². The number of halogens is 3. The third-order valence-corrected chi connectivity index (χ3v) is 5.79. The van der Waals surface area contributed by atoms with Gasteiger partial charge in [-0.25, -0.2) is 4.79 Å². The fourth-order valence-electron chi connectivity index (χ4n) is 3.12. The van der Waals surface area contributed by atoms with Crippen molar-refractivity contribution in [3.05, 3.63) is 41.1 Å². The second-order valence-electron chi connectivity index (χ2n) is 6.89. The molecule has 26 heavy (non-hydrogen) atoms. The van der Waals surface area contributed by atoms with Gasteiger partial charge in [0.05, 0.1) is 7.11 Å². The zero-order valence-electron chi connectivity index (χ0n) is 14.8. The average Bonchev–Trinajstić information content (AvgIpc) is 2.76. The fourth-order valence-corrected chi connectivity index (χ4v) is 4.42. The van der Waals surface area contributed by atoms with Gasteiger partial charge in [0.1, 0.15) is 6.04 Å². The van der Waals surface area contributed by atoms with Gasteiger partial charge >= 0.3 is 21.5 Å². The van der Waals surface area contributed by atoms with Gasteiger partial charge in [-0.3, -0.25) is 4.31 Å². The molecule has 1 heterocycles. The summed E-state index contributed by atoms with van der Waals surface area (Å²) in [6.45, 7) is 4.87. The summed E-state index contributed by atoms with van der Waals surface area (Å²) in [5.41, 5.74) is -5.30. The molecule has 1 aromatic rings. The van der Waals surface area contributed by atoms with Crippen molar-refractivity contribution in [2.45, 2.75) is 38.7 Å². The number of benzene rings is 1. The van der Waals surface area contributed by atoms with Crippen LogP contribution in [0.2, 0.25) is 0 Å². The molecular formula is C17H20F3NO4S. The van der Waals surface area contributed by atoms with Gasteiger partial charge < -0.3 is 4.74 Å². The standard InChI is InChI=1S/C17H20F3NO4S/c1-11-6-5-7-12(8-11)9-13-10-16(2,3)14(15(22)25-4)21(13)26(23,24)17(18,19)20/h5-9,14H,10H2,1-4H3/b13-9+/t14-/m1/s1. The van der Waals surface area contributed by atoms with E-state index in [2.05, 4.69) is 4.74 Å². The number of nitrogens with zero attached hydrogens (tertiary/aromatic N) is 1. The predicted octanol–water partition coefficient (Wildman–Crippen LogP) is 3.46. The molecule has 1 aliphatic rings. The maximum absolute atomic E-state index is 13.2. The van der Waals surface area contributed by atoms with E-state index in [0.717, 1.165) is 12.7 Å². The first-order valence-electron chi connectivity index (χ1n) is 7.77. The average molecular weight is 391 g/mol. The van der Waals surface area contributed by atoms with Gasteiger partial charge in [-0.1, -0.05) is 43.7 Å². The number of aryl methyl sites for hydroxylation is 1. The highest BCUT2D eigenvalue weighted by Gasteiger charge is 2.60. The minimum atomic E-state index is -5.77. The highest BCUT2D eigenvalue weighted by Crippen LogP contribution is 2.48. The summed E-state index contributed by atoms with van der Waals surface area (Å²) in [5, 5.41) is 0. The second-order valence-corrected chi connectivity index (χ2v) is 8.69. The number of hydrogen-bond acceptors (Lipinski definition) is 4. The van der Waals surface area contributed by atoms with Gasteiger partial charge in [0.15, 0.2) is 0 Å². The number of alkyl halides is 3. The lowest BCUT2D eigenvalue weighted by Crippen LogP contribution is -2.50. The summed E-state index contributed by atoms with van der Waals surface area (Å²) in [5.74, 6) is -1.03. The van der Waals surface area contributed by atoms with E-state index in [1.807, 2.05) is 13.0 Å². The molecule has 5 nitrogen and oxygen atoms in total. The van der Waals surface area contributed by atoms with Crippen LogP contribution in [0.25, 0.3) is 6.08 Å². The molecular weight excluding hydrogens is 371 g/mol. The largest absolute Gasteiger partial charge is 0.516 e. The minimum absolute atomic E-state index is 0.0317. The van der Waals surface area contributed by atoms with E-state index in [9.17, 15) is 26.4 Å². The van der Waals surface area contributed by atoms with Crippen LogP contribution < -0.4 is 0 Å². The van der Waals surface area contributed by atoms with Crippen LogP contribution in [0.3, 0.4) is 0 Å². The lowest BCUT2D eigenvalue weighted by atomic mass is 9.84. The van der Waals surface area contributed by atoms with Crippen LogP contribution in [-0.2, 0) is 19.6 Å². The maximum Gasteiger partial charge on any atom is 0.516 e. The Morgan fingerprint density at radius 3 is 2.46 bits per heavy atom. The SMILES string of the molecule is COC(=O)[C@H]1N(S(=O)(=O)C(F)(F)F)/C(=C/c2cccc(C)c2)CC1(C)C. The molecule has 0 spiro atoms. The van der Waals surface area contributed by atoms with Gasteiger partial charge in [0.25, 0.3) is 0 Å². The van der Waals surface area contributed by atoms with Gasteiger partial charge in [0.2, 0.25) is 0 Å². The number of hydrogen-bond donors (Lipinski definition) is 0. The molecule has 144 valence electrons. The van der Waals surface area contributed by atoms with E-state index in [4.69, 9.17) is 0 Å². The van der Waals surface area contributed by atoms with Crippen LogP contribution in [0.5, 0.6) is 0 Å². The topological polar surface area (TPSA) is 63.7 Å². The Labute approximate surface area is 150 Å². The number of esters is 1. The lowest BCUT2D eigenvalue weighted by molar-refractivity contribution is -0.147. The second kappa shape index (κ2) is 6.61. The molecule has 0 radical (unpaired) electrons. The lowest BCUT2D eigenvalue weighted by Gasteiger charge is -2.31. The molecule has 0 bridgehead atoms. The molecule has 1 fully saturated rings. The van der Waals surface area contributed by atoms with Crippen LogP contribution in [0.1, 0.15) is 31.4 Å². The maximum atomic E-state index is 13.2. The number of rotatable bonds is 3. The summed E-state index contributed by atoms with van der Waals surface area (Å²) < 4.78 is 68.9. The van der Waals surface area contributed by atoms with Crippen LogP contribution in [0, 0.1) is 12.3 Å². The van der Waals surface area contributed by atoms with E-state index in [0.29, 0.717) is 5.56 Å². The highest BCUT2D eigenvalue weighted by molar-refractivity contribution is 7.90. The molecule has 0 N–H and O–H groups in total. The third kappa shape index (κ3) is 3.58. The van der Waals surface area contributed by atoms with E-state index in [1.165, 1.54) is 19.9 Å². The fraction of sp³-hybridized carbons (Fsp3) is 0.471. The smallest absolute Gasteiger partial charge is 0.467 e. The normalized spacial score (nSPS) is 21.9. The molecule has 1 aliphatic heterocycles. The number of allylic oxidation sites excluding steroid dienone is 1. The van der Waals surface area contributed by atoms with E-state index in [-0.39, 0.29) is 16.4 Å². The summed E-state index contributed by atoms with van der Waals surface area (Å²) >= 11 is 0. The van der Waals surface area contributed by atoms with Crippen molar-refractivity contribution in [2.24, 2.45) is 5.41 Å². The Balaban J connectivity index is 2.68. The Morgan fingerprint density at radius 1 is 1.35 bits per heavy atom. The summed E-state index contributed by atoms with van der Waals surface area (Å²) in [6, 6.07) is 5.28. The number of sulfonamides is 1. The van der Waals surface area contributed by atoms with Gasteiger partial charge in [-0.2, -0.15) is 21.6 Å². The quantitative estimate of drug-likeness (QED) is 0.741. The van der Waals surface area contributed by atoms with Crippen LogP contribution in [-0.4, -0.2) is 37.4 Å². The van der Waals surface area contributed by atoms with Crippen molar-refractivity contribution in [2.75, 3.05) is 7.11 Å². The summed E-state index contributed by atoms with van der Waals surface area (Å²) in [7, 11) is -4.75. The molecule has 0 saturated carbocycles. The van der Waals surface area contributed by atoms with Crippen molar-refractivity contribution < 1.29 is 31.1 Å². The van der Waals surface area contributed by atoms with Crippen molar-refractivity contribution in [1.29, 1.82) is 0 Å². The molecule has 1 atom stereocenters. The Morgan fingerprint density at radius 2 is 1.96 bits per heavy atom. The van der Waals surface area contributed by atoms with Crippen LogP contribution in [0.15, 0.2) is 30.0 Å². The van der Waals surface area contributed by atoms with E-state index >= 15 is 0 Å². The Kier molecular flexibility index (Phi) is 5.15. The zero-order valence-corrected chi connectivity index (χ0v) is 15.6. The molecule has 2 rings (SSSR count). The number of methoxy groups -OCH3 is 1. The zero-order chi connectivity index (χ0) is 19.9. The van der Waals surface area contributed by atoms with Gasteiger partial charge in [-0.15, -0.1) is 0 Å². The molecule has 1 saturated heterocycles. The van der Waals surface area contributed by atoms with Crippen molar-refractivity contribution >= 4 is 22.1 Å². The Bertz CT molecular complexity index is 844. The van der Waals surface area contributed by atoms with Crippen molar-refractivity contribution in [3.8, 4) is 0 Å². The van der Waals surface area contributed by atoms with Crippen LogP contribution >= 0.6 is 0 Å². The first-order valence-corrected chi connectivity index (χ1v) is 9.21.